The number of allylic oxidation sites excluding steroid dienone is 1. The van der Waals surface area contributed by atoms with E-state index >= 15 is 0 Å². The molecule has 3 atom stereocenters. The minimum atomic E-state index is 0.636. The van der Waals surface area contributed by atoms with Crippen molar-refractivity contribution in [3.8, 4) is 0 Å². The van der Waals surface area contributed by atoms with Gasteiger partial charge in [0.1, 0.15) is 0 Å². The maximum atomic E-state index is 4.23. The van der Waals surface area contributed by atoms with Gasteiger partial charge < -0.3 is 0 Å². The van der Waals surface area contributed by atoms with Gasteiger partial charge in [-0.3, -0.25) is 0 Å². The van der Waals surface area contributed by atoms with Crippen LogP contribution in [0.4, 0.5) is 0 Å². The van der Waals surface area contributed by atoms with Crippen LogP contribution in [0.1, 0.15) is 59.3 Å². The molecule has 0 aliphatic carbocycles. The topological polar surface area (TPSA) is 0 Å². The molecular formula is C13H27P. The molecule has 0 aromatic heterocycles. The Morgan fingerprint density at radius 3 is 2.29 bits per heavy atom. The van der Waals surface area contributed by atoms with E-state index in [1.54, 1.807) is 0 Å². The molecular weight excluding hydrogens is 187 g/mol. The SMILES string of the molecule is C=C(C(C)CCCCC)C(P)CCC. The third-order valence-corrected chi connectivity index (χ3v) is 3.71. The van der Waals surface area contributed by atoms with Crippen molar-refractivity contribution in [2.24, 2.45) is 5.92 Å². The van der Waals surface area contributed by atoms with Gasteiger partial charge in [0.25, 0.3) is 0 Å². The van der Waals surface area contributed by atoms with Crippen molar-refractivity contribution in [2.45, 2.75) is 65.0 Å². The molecule has 0 aliphatic heterocycles. The second-order valence-electron chi connectivity index (χ2n) is 4.37. The van der Waals surface area contributed by atoms with Gasteiger partial charge in [0.05, 0.1) is 0 Å². The van der Waals surface area contributed by atoms with E-state index in [4.69, 9.17) is 0 Å². The first kappa shape index (κ1) is 14.2. The van der Waals surface area contributed by atoms with Crippen molar-refractivity contribution >= 4 is 9.24 Å². The van der Waals surface area contributed by atoms with Crippen LogP contribution in [-0.2, 0) is 0 Å². The van der Waals surface area contributed by atoms with E-state index in [9.17, 15) is 0 Å². The molecule has 0 nitrogen and oxygen atoms in total. The Labute approximate surface area is 92.8 Å². The van der Waals surface area contributed by atoms with Gasteiger partial charge in [-0.15, -0.1) is 9.24 Å². The van der Waals surface area contributed by atoms with Crippen LogP contribution in [0.15, 0.2) is 12.2 Å². The van der Waals surface area contributed by atoms with E-state index in [2.05, 4.69) is 36.6 Å². The molecule has 1 heteroatoms. The minimum absolute atomic E-state index is 0.636. The van der Waals surface area contributed by atoms with Gasteiger partial charge in [0.2, 0.25) is 0 Å². The van der Waals surface area contributed by atoms with Gasteiger partial charge in [-0.05, 0) is 24.4 Å². The Kier molecular flexibility index (Phi) is 8.58. The smallest absolute Gasteiger partial charge is 0.00557 e. The summed E-state index contributed by atoms with van der Waals surface area (Å²) in [5.74, 6) is 0.704. The highest BCUT2D eigenvalue weighted by Crippen LogP contribution is 2.26. The van der Waals surface area contributed by atoms with Crippen LogP contribution in [0.25, 0.3) is 0 Å². The summed E-state index contributed by atoms with van der Waals surface area (Å²) in [7, 11) is 2.94. The molecule has 0 aromatic rings. The van der Waals surface area contributed by atoms with Crippen molar-refractivity contribution in [3.05, 3.63) is 12.2 Å². The summed E-state index contributed by atoms with van der Waals surface area (Å²) in [4.78, 5) is 0. The Bertz CT molecular complexity index is 151. The molecule has 0 fully saturated rings. The first-order valence-corrected chi connectivity index (χ1v) is 6.74. The van der Waals surface area contributed by atoms with E-state index in [0.29, 0.717) is 11.6 Å². The molecule has 0 radical (unpaired) electrons. The number of hydrogen-bond donors (Lipinski definition) is 0. The Balaban J connectivity index is 3.74. The van der Waals surface area contributed by atoms with Gasteiger partial charge in [0.15, 0.2) is 0 Å². The van der Waals surface area contributed by atoms with Crippen LogP contribution in [0, 0.1) is 5.92 Å². The highest BCUT2D eigenvalue weighted by molar-refractivity contribution is 7.18. The van der Waals surface area contributed by atoms with Crippen LogP contribution in [0.3, 0.4) is 0 Å². The average molecular weight is 214 g/mol. The van der Waals surface area contributed by atoms with Gasteiger partial charge in [-0.1, -0.05) is 58.6 Å². The number of rotatable bonds is 8. The predicted molar refractivity (Wildman–Crippen MR) is 70.9 cm³/mol. The lowest BCUT2D eigenvalue weighted by Crippen LogP contribution is -2.09. The normalized spacial score (nSPS) is 15.1. The van der Waals surface area contributed by atoms with E-state index in [0.717, 1.165) is 0 Å². The fourth-order valence-electron chi connectivity index (χ4n) is 1.75. The Hall–Kier alpha value is 0.170. The summed E-state index contributed by atoms with van der Waals surface area (Å²) < 4.78 is 0. The van der Waals surface area contributed by atoms with Gasteiger partial charge >= 0.3 is 0 Å². The molecule has 0 bridgehead atoms. The van der Waals surface area contributed by atoms with Crippen LogP contribution < -0.4 is 0 Å². The lowest BCUT2D eigenvalue weighted by Gasteiger charge is -2.20. The summed E-state index contributed by atoms with van der Waals surface area (Å²) in [6, 6.07) is 0. The molecule has 0 heterocycles. The van der Waals surface area contributed by atoms with Gasteiger partial charge in [-0.25, -0.2) is 0 Å². The Morgan fingerprint density at radius 1 is 1.14 bits per heavy atom. The van der Waals surface area contributed by atoms with Crippen molar-refractivity contribution in [1.82, 2.24) is 0 Å². The first-order valence-electron chi connectivity index (χ1n) is 6.07. The molecule has 14 heavy (non-hydrogen) atoms. The quantitative estimate of drug-likeness (QED) is 0.309. The number of hydrogen-bond acceptors (Lipinski definition) is 0. The fraction of sp³-hybridized carbons (Fsp3) is 0.846. The molecule has 0 amide bonds. The molecule has 3 unspecified atom stereocenters. The highest BCUT2D eigenvalue weighted by atomic mass is 31.0. The Morgan fingerprint density at radius 2 is 1.79 bits per heavy atom. The van der Waals surface area contributed by atoms with Crippen LogP contribution >= 0.6 is 9.24 Å². The van der Waals surface area contributed by atoms with Crippen molar-refractivity contribution < 1.29 is 0 Å². The van der Waals surface area contributed by atoms with Crippen molar-refractivity contribution in [1.29, 1.82) is 0 Å². The molecule has 0 saturated carbocycles. The lowest BCUT2D eigenvalue weighted by atomic mass is 9.92. The van der Waals surface area contributed by atoms with Crippen LogP contribution in [0.5, 0.6) is 0 Å². The van der Waals surface area contributed by atoms with Crippen LogP contribution in [0.2, 0.25) is 0 Å². The maximum Gasteiger partial charge on any atom is -0.00557 e. The van der Waals surface area contributed by atoms with Gasteiger partial charge in [0, 0.05) is 0 Å². The zero-order chi connectivity index (χ0) is 11.0. The molecule has 0 N–H and O–H groups in total. The summed E-state index contributed by atoms with van der Waals surface area (Å²) in [5.41, 5.74) is 2.07. The maximum absolute atomic E-state index is 4.23. The number of unbranched alkanes of at least 4 members (excludes halogenated alkanes) is 2. The van der Waals surface area contributed by atoms with E-state index in [1.165, 1.54) is 44.1 Å². The van der Waals surface area contributed by atoms with Crippen molar-refractivity contribution in [3.63, 3.8) is 0 Å². The predicted octanol–water partition coefficient (Wildman–Crippen LogP) is 4.80. The van der Waals surface area contributed by atoms with E-state index in [-0.39, 0.29) is 0 Å². The monoisotopic (exact) mass is 214 g/mol. The molecule has 0 spiro atoms. The zero-order valence-electron chi connectivity index (χ0n) is 10.2. The van der Waals surface area contributed by atoms with Crippen molar-refractivity contribution in [2.75, 3.05) is 0 Å². The lowest BCUT2D eigenvalue weighted by molar-refractivity contribution is 0.538. The second kappa shape index (κ2) is 8.48. The minimum Gasteiger partial charge on any atom is -0.130 e. The molecule has 0 saturated heterocycles. The summed E-state index contributed by atoms with van der Waals surface area (Å²) in [5, 5.41) is 0. The third-order valence-electron chi connectivity index (χ3n) is 2.95. The highest BCUT2D eigenvalue weighted by Gasteiger charge is 2.12. The average Bonchev–Trinajstić information content (AvgIpc) is 2.17. The molecule has 0 rings (SSSR count). The van der Waals surface area contributed by atoms with E-state index in [1.807, 2.05) is 0 Å². The van der Waals surface area contributed by atoms with Crippen LogP contribution in [-0.4, -0.2) is 5.66 Å². The molecule has 0 aromatic carbocycles. The first-order chi connectivity index (χ1) is 6.63. The van der Waals surface area contributed by atoms with Gasteiger partial charge in [-0.2, -0.15) is 0 Å². The third kappa shape index (κ3) is 5.81. The summed E-state index contributed by atoms with van der Waals surface area (Å²) in [6.07, 6.45) is 7.89. The second-order valence-corrected chi connectivity index (χ2v) is 5.17. The molecule has 0 aliphatic rings. The molecule has 84 valence electrons. The van der Waals surface area contributed by atoms with E-state index < -0.39 is 0 Å². The standard InChI is InChI=1S/C13H27P/c1-5-7-8-10-11(3)12(4)13(14)9-6-2/h11,13H,4-10,14H2,1-3H3. The largest absolute Gasteiger partial charge is 0.130 e. The fourth-order valence-corrected chi connectivity index (χ4v) is 2.41. The summed E-state index contributed by atoms with van der Waals surface area (Å²) in [6.45, 7) is 11.1. The summed E-state index contributed by atoms with van der Waals surface area (Å²) >= 11 is 0. The zero-order valence-corrected chi connectivity index (χ0v) is 11.3.